The molecule has 3 aromatic heterocycles. The molecular formula is C26H30F4N10O2S. The lowest BCUT2D eigenvalue weighted by atomic mass is 9.95. The quantitative estimate of drug-likeness (QED) is 0.288. The van der Waals surface area contributed by atoms with Gasteiger partial charge in [0.1, 0.15) is 0 Å². The van der Waals surface area contributed by atoms with Crippen LogP contribution in [0.2, 0.25) is 0 Å². The van der Waals surface area contributed by atoms with E-state index in [1.165, 1.54) is 30.9 Å². The predicted molar refractivity (Wildman–Crippen MR) is 148 cm³/mol. The highest BCUT2D eigenvalue weighted by molar-refractivity contribution is 7.90. The number of nitrogens with zero attached hydrogens (tertiary/aromatic N) is 7. The smallest absolute Gasteiger partial charge is 0.333 e. The summed E-state index contributed by atoms with van der Waals surface area (Å²) in [7, 11) is -3.57. The zero-order chi connectivity index (χ0) is 30.4. The van der Waals surface area contributed by atoms with Crippen LogP contribution in [-0.2, 0) is 15.7 Å². The van der Waals surface area contributed by atoms with Crippen molar-refractivity contribution < 1.29 is 26.0 Å². The van der Waals surface area contributed by atoms with Crippen LogP contribution in [-0.4, -0.2) is 79.6 Å². The second-order valence-electron chi connectivity index (χ2n) is 10.8. The van der Waals surface area contributed by atoms with Crippen LogP contribution in [0.1, 0.15) is 43.6 Å². The number of alkyl halides is 4. The van der Waals surface area contributed by atoms with Gasteiger partial charge in [-0.25, -0.2) is 31.8 Å². The van der Waals surface area contributed by atoms with E-state index >= 15 is 0 Å². The fourth-order valence-corrected chi connectivity index (χ4v) is 6.64. The summed E-state index contributed by atoms with van der Waals surface area (Å²) in [4.78, 5) is 10.6. The molecule has 2 fully saturated rings. The Bertz CT molecular complexity index is 1640. The van der Waals surface area contributed by atoms with Crippen molar-refractivity contribution in [2.45, 2.75) is 55.6 Å². The molecule has 0 aromatic carbocycles. The molecule has 230 valence electrons. The number of nitrogens with two attached hydrogens (primary N) is 1. The summed E-state index contributed by atoms with van der Waals surface area (Å²) in [6, 6.07) is 2.96. The molecule has 4 N–H and O–H groups in total. The third-order valence-electron chi connectivity index (χ3n) is 7.65. The number of likely N-dealkylation sites (tertiary alicyclic amines) is 1. The fourth-order valence-electron chi connectivity index (χ4n) is 5.17. The first-order valence-corrected chi connectivity index (χ1v) is 15.3. The van der Waals surface area contributed by atoms with E-state index in [0.717, 1.165) is 4.09 Å². The van der Waals surface area contributed by atoms with Crippen molar-refractivity contribution in [3.8, 4) is 11.4 Å². The van der Waals surface area contributed by atoms with E-state index in [0.29, 0.717) is 66.0 Å². The lowest BCUT2D eigenvalue weighted by molar-refractivity contribution is 0.0565. The van der Waals surface area contributed by atoms with E-state index in [9.17, 15) is 26.0 Å². The lowest BCUT2D eigenvalue weighted by Gasteiger charge is -2.36. The molecule has 0 amide bonds. The van der Waals surface area contributed by atoms with Crippen molar-refractivity contribution >= 4 is 15.6 Å². The van der Waals surface area contributed by atoms with E-state index in [-0.39, 0.29) is 24.1 Å². The van der Waals surface area contributed by atoms with E-state index in [1.54, 1.807) is 23.2 Å². The molecule has 1 unspecified atom stereocenters. The molecule has 5 heterocycles. The average Bonchev–Trinajstić information content (AvgIpc) is 3.51. The van der Waals surface area contributed by atoms with Crippen LogP contribution in [0.25, 0.3) is 17.0 Å². The summed E-state index contributed by atoms with van der Waals surface area (Å²) in [5.74, 6) is 0.209. The van der Waals surface area contributed by atoms with Crippen molar-refractivity contribution in [1.29, 1.82) is 0 Å². The Labute approximate surface area is 244 Å². The molecule has 2 aliphatic heterocycles. The summed E-state index contributed by atoms with van der Waals surface area (Å²) in [6.07, 6.45) is 8.58. The minimum atomic E-state index is -3.57. The fraction of sp³-hybridized carbons (Fsp3) is 0.462. The van der Waals surface area contributed by atoms with Crippen LogP contribution in [0.15, 0.2) is 54.9 Å². The van der Waals surface area contributed by atoms with Crippen LogP contribution in [0.5, 0.6) is 0 Å². The first-order valence-electron chi connectivity index (χ1n) is 13.8. The van der Waals surface area contributed by atoms with Gasteiger partial charge in [0.15, 0.2) is 11.5 Å². The summed E-state index contributed by atoms with van der Waals surface area (Å²) in [6.45, 7) is -2.16. The van der Waals surface area contributed by atoms with Gasteiger partial charge in [0.25, 0.3) is 16.4 Å². The normalized spacial score (nSPS) is 22.0. The summed E-state index contributed by atoms with van der Waals surface area (Å²) < 4.78 is 78.9. The van der Waals surface area contributed by atoms with Gasteiger partial charge in [0.05, 0.1) is 41.1 Å². The van der Waals surface area contributed by atoms with Gasteiger partial charge in [-0.1, -0.05) is 0 Å². The Morgan fingerprint density at radius 1 is 1.14 bits per heavy atom. The third kappa shape index (κ3) is 6.14. The van der Waals surface area contributed by atoms with Gasteiger partial charge < -0.3 is 16.4 Å². The monoisotopic (exact) mass is 622 g/mol. The molecule has 1 saturated carbocycles. The molecule has 0 radical (unpaired) electrons. The zero-order valence-corrected chi connectivity index (χ0v) is 23.6. The van der Waals surface area contributed by atoms with Gasteiger partial charge in [-0.15, -0.1) is 0 Å². The number of halogens is 4. The minimum absolute atomic E-state index is 0.0941. The Hall–Kier alpha value is -3.83. The highest BCUT2D eigenvalue weighted by atomic mass is 32.2. The van der Waals surface area contributed by atoms with Crippen LogP contribution in [0.3, 0.4) is 0 Å². The van der Waals surface area contributed by atoms with Gasteiger partial charge >= 0.3 is 6.55 Å². The highest BCUT2D eigenvalue weighted by Gasteiger charge is 2.38. The Morgan fingerprint density at radius 2 is 1.91 bits per heavy atom. The predicted octanol–water partition coefficient (Wildman–Crippen LogP) is 2.23. The highest BCUT2D eigenvalue weighted by Crippen LogP contribution is 2.32. The molecule has 1 atom stereocenters. The second kappa shape index (κ2) is 11.3. The van der Waals surface area contributed by atoms with E-state index in [4.69, 9.17) is 5.73 Å². The molecule has 1 saturated heterocycles. The van der Waals surface area contributed by atoms with Crippen LogP contribution < -0.4 is 16.4 Å². The van der Waals surface area contributed by atoms with Crippen LogP contribution in [0.4, 0.5) is 17.6 Å². The van der Waals surface area contributed by atoms with Crippen LogP contribution >= 0.6 is 0 Å². The van der Waals surface area contributed by atoms with E-state index < -0.39 is 33.9 Å². The lowest BCUT2D eigenvalue weighted by Crippen LogP contribution is -2.51. The van der Waals surface area contributed by atoms with Gasteiger partial charge in [-0.3, -0.25) is 4.90 Å². The van der Waals surface area contributed by atoms with Crippen molar-refractivity contribution in [3.63, 3.8) is 0 Å². The molecule has 3 aliphatic rings. The third-order valence-corrected chi connectivity index (χ3v) is 9.68. The number of hydrogen-bond donors (Lipinski definition) is 3. The Morgan fingerprint density at radius 3 is 2.58 bits per heavy atom. The number of allylic oxidation sites excluding steroid dienone is 1. The molecule has 43 heavy (non-hydrogen) atoms. The van der Waals surface area contributed by atoms with Crippen LogP contribution in [0, 0.1) is 0 Å². The molecular weight excluding hydrogens is 592 g/mol. The maximum atomic E-state index is 13.3. The standard InChI is InChI=1S/C26H30F4N10O2S/c27-23(28)15-38-8-4-17(5-9-38)35-21-11-26(31,33-13-19(21)20-6-10-39(37-20)25(29)30)22-3-7-32-24(36-22)16-12-34-40(14-16)43(41,42)18-1-2-18/h3,6-7,10-14,17-18,23,25,33,35H,1-2,4-5,8-9,15,31H2. The van der Waals surface area contributed by atoms with Crippen molar-refractivity contribution in [1.82, 2.24) is 44.5 Å². The maximum Gasteiger partial charge on any atom is 0.333 e. The summed E-state index contributed by atoms with van der Waals surface area (Å²) in [5.41, 5.74) is 7.41. The number of piperidine rings is 1. The summed E-state index contributed by atoms with van der Waals surface area (Å²) in [5, 5.41) is 14.1. The molecule has 1 aliphatic carbocycles. The zero-order valence-electron chi connectivity index (χ0n) is 22.8. The first-order chi connectivity index (χ1) is 20.5. The molecule has 0 bridgehead atoms. The number of nitrogens with one attached hydrogen (secondary N) is 2. The Kier molecular flexibility index (Phi) is 7.72. The van der Waals surface area contributed by atoms with Crippen molar-refractivity contribution in [2.75, 3.05) is 19.6 Å². The largest absolute Gasteiger partial charge is 0.382 e. The second-order valence-corrected chi connectivity index (χ2v) is 12.9. The molecule has 0 spiro atoms. The van der Waals surface area contributed by atoms with Crippen molar-refractivity contribution in [2.24, 2.45) is 5.73 Å². The van der Waals surface area contributed by atoms with Crippen molar-refractivity contribution in [3.05, 3.63) is 66.3 Å². The molecule has 12 nitrogen and oxygen atoms in total. The van der Waals surface area contributed by atoms with Gasteiger partial charge in [-0.2, -0.15) is 23.1 Å². The Balaban J connectivity index is 1.28. The van der Waals surface area contributed by atoms with E-state index in [2.05, 4.69) is 30.8 Å². The topological polar surface area (TPSA) is 149 Å². The molecule has 6 rings (SSSR count). The van der Waals surface area contributed by atoms with Gasteiger partial charge in [0, 0.05) is 49.0 Å². The number of hydrogen-bond acceptors (Lipinski definition) is 10. The maximum absolute atomic E-state index is 13.3. The van der Waals surface area contributed by atoms with Gasteiger partial charge in [-0.05, 0) is 43.9 Å². The number of rotatable bonds is 10. The average molecular weight is 623 g/mol. The SMILES string of the molecule is NC1(c2ccnc(-c3cnn(S(=O)(=O)C4CC4)c3)n2)C=C(NC2CCN(CC(F)F)CC2)C(c2ccn(C(F)F)n2)=CN1. The summed E-state index contributed by atoms with van der Waals surface area (Å²) >= 11 is 0. The first kappa shape index (κ1) is 29.3. The van der Waals surface area contributed by atoms with Gasteiger partial charge in [0.2, 0.25) is 0 Å². The molecule has 17 heteroatoms. The number of aromatic nitrogens is 6. The molecule has 3 aromatic rings. The number of dihydropyridines is 1. The minimum Gasteiger partial charge on any atom is -0.382 e. The van der Waals surface area contributed by atoms with E-state index in [1.807, 2.05) is 0 Å².